The summed E-state index contributed by atoms with van der Waals surface area (Å²) in [6, 6.07) is 7.28. The lowest BCUT2D eigenvalue weighted by Crippen LogP contribution is -2.26. The first kappa shape index (κ1) is 16.3. The summed E-state index contributed by atoms with van der Waals surface area (Å²) >= 11 is 7.92. The number of amides is 1. The van der Waals surface area contributed by atoms with Crippen LogP contribution in [0, 0.1) is 0 Å². The number of rotatable bonds is 4. The van der Waals surface area contributed by atoms with Crippen LogP contribution in [0.4, 0.5) is 0 Å². The molecule has 128 valence electrons. The molecule has 0 bridgehead atoms. The highest BCUT2D eigenvalue weighted by atomic mass is 35.5. The van der Waals surface area contributed by atoms with Crippen molar-refractivity contribution in [2.24, 2.45) is 5.73 Å². The molecule has 0 atom stereocenters. The molecule has 1 aromatic carbocycles. The second-order valence-corrected chi connectivity index (χ2v) is 7.62. The van der Waals surface area contributed by atoms with Gasteiger partial charge in [0.25, 0.3) is 5.56 Å². The van der Waals surface area contributed by atoms with E-state index in [9.17, 15) is 9.59 Å². The molecule has 5 nitrogen and oxygen atoms in total. The molecular formula is C18H16ClN3O2S. The number of thiophene rings is 1. The van der Waals surface area contributed by atoms with Gasteiger partial charge in [-0.25, -0.2) is 4.98 Å². The predicted octanol–water partition coefficient (Wildman–Crippen LogP) is 3.14. The van der Waals surface area contributed by atoms with Gasteiger partial charge in [0.2, 0.25) is 5.91 Å². The van der Waals surface area contributed by atoms with Crippen molar-refractivity contribution < 1.29 is 4.79 Å². The van der Waals surface area contributed by atoms with Gasteiger partial charge < -0.3 is 5.73 Å². The van der Waals surface area contributed by atoms with E-state index < -0.39 is 5.91 Å². The van der Waals surface area contributed by atoms with Gasteiger partial charge in [-0.15, -0.1) is 11.3 Å². The summed E-state index contributed by atoms with van der Waals surface area (Å²) in [5.74, 6) is 0.0388. The summed E-state index contributed by atoms with van der Waals surface area (Å²) in [4.78, 5) is 31.2. The quantitative estimate of drug-likeness (QED) is 0.763. The number of nitrogens with two attached hydrogens (primary N) is 1. The first-order chi connectivity index (χ1) is 12.1. The van der Waals surface area contributed by atoms with Gasteiger partial charge in [-0.1, -0.05) is 23.7 Å². The van der Waals surface area contributed by atoms with Crippen LogP contribution in [0.5, 0.6) is 0 Å². The molecule has 1 aliphatic carbocycles. The minimum atomic E-state index is -0.451. The number of hydrogen-bond acceptors (Lipinski definition) is 4. The first-order valence-corrected chi connectivity index (χ1v) is 9.34. The SMILES string of the molecule is NC(=O)CCn1c(-c2ccccc2Cl)nc2sc3c(c2c1=O)CCC3. The lowest BCUT2D eigenvalue weighted by atomic mass is 10.1. The van der Waals surface area contributed by atoms with E-state index in [1.807, 2.05) is 18.2 Å². The number of halogens is 1. The highest BCUT2D eigenvalue weighted by Crippen LogP contribution is 2.36. The zero-order valence-corrected chi connectivity index (χ0v) is 15.0. The second kappa shape index (κ2) is 6.28. The molecule has 0 saturated carbocycles. The van der Waals surface area contributed by atoms with E-state index in [-0.39, 0.29) is 18.5 Å². The van der Waals surface area contributed by atoms with E-state index in [0.29, 0.717) is 21.8 Å². The molecule has 0 saturated heterocycles. The molecule has 0 radical (unpaired) electrons. The molecule has 1 aliphatic rings. The van der Waals surface area contributed by atoms with Gasteiger partial charge in [0, 0.05) is 23.4 Å². The predicted molar refractivity (Wildman–Crippen MR) is 100 cm³/mol. The average Bonchev–Trinajstić information content (AvgIpc) is 3.14. The van der Waals surface area contributed by atoms with Gasteiger partial charge in [0.15, 0.2) is 0 Å². The van der Waals surface area contributed by atoms with E-state index in [2.05, 4.69) is 0 Å². The Kier molecular flexibility index (Phi) is 4.09. The summed E-state index contributed by atoms with van der Waals surface area (Å²) in [6.07, 6.45) is 3.06. The summed E-state index contributed by atoms with van der Waals surface area (Å²) in [6.45, 7) is 0.197. The summed E-state index contributed by atoms with van der Waals surface area (Å²) in [5.41, 5.74) is 6.99. The van der Waals surface area contributed by atoms with E-state index in [1.54, 1.807) is 22.0 Å². The Morgan fingerprint density at radius 1 is 1.32 bits per heavy atom. The third-order valence-electron chi connectivity index (χ3n) is 4.52. The molecule has 2 heterocycles. The monoisotopic (exact) mass is 373 g/mol. The lowest BCUT2D eigenvalue weighted by molar-refractivity contribution is -0.118. The molecule has 0 fully saturated rings. The molecule has 2 aromatic heterocycles. The van der Waals surface area contributed by atoms with Crippen LogP contribution in [-0.2, 0) is 24.2 Å². The van der Waals surface area contributed by atoms with Crippen LogP contribution < -0.4 is 11.3 Å². The Morgan fingerprint density at radius 2 is 2.12 bits per heavy atom. The highest BCUT2D eigenvalue weighted by molar-refractivity contribution is 7.18. The fourth-order valence-electron chi connectivity index (χ4n) is 3.35. The van der Waals surface area contributed by atoms with E-state index in [4.69, 9.17) is 22.3 Å². The normalized spacial score (nSPS) is 13.3. The van der Waals surface area contributed by atoms with Crippen molar-refractivity contribution in [2.75, 3.05) is 0 Å². The van der Waals surface area contributed by atoms with Gasteiger partial charge >= 0.3 is 0 Å². The molecular weight excluding hydrogens is 358 g/mol. The van der Waals surface area contributed by atoms with Gasteiger partial charge in [0.1, 0.15) is 10.7 Å². The number of benzene rings is 1. The zero-order valence-electron chi connectivity index (χ0n) is 13.4. The molecule has 2 N–H and O–H groups in total. The molecule has 4 rings (SSSR count). The van der Waals surface area contributed by atoms with Crippen molar-refractivity contribution in [3.63, 3.8) is 0 Å². The summed E-state index contributed by atoms with van der Waals surface area (Å²) in [7, 11) is 0. The number of carbonyl (C=O) groups is 1. The molecule has 3 aromatic rings. The van der Waals surface area contributed by atoms with Crippen molar-refractivity contribution in [1.29, 1.82) is 0 Å². The van der Waals surface area contributed by atoms with E-state index in [1.165, 1.54) is 4.88 Å². The first-order valence-electron chi connectivity index (χ1n) is 8.14. The van der Waals surface area contributed by atoms with Crippen molar-refractivity contribution in [3.05, 3.63) is 50.1 Å². The fourth-order valence-corrected chi connectivity index (χ4v) is 4.83. The number of nitrogens with zero attached hydrogens (tertiary/aromatic N) is 2. The maximum Gasteiger partial charge on any atom is 0.262 e. The third kappa shape index (κ3) is 2.75. The van der Waals surface area contributed by atoms with Gasteiger partial charge in [-0.2, -0.15) is 0 Å². The number of carbonyl (C=O) groups excluding carboxylic acids is 1. The van der Waals surface area contributed by atoms with Gasteiger partial charge in [0.05, 0.1) is 10.4 Å². The third-order valence-corrected chi connectivity index (χ3v) is 6.04. The smallest absolute Gasteiger partial charge is 0.262 e. The van der Waals surface area contributed by atoms with E-state index in [0.717, 1.165) is 29.7 Å². The number of primary amides is 1. The van der Waals surface area contributed by atoms with Crippen molar-refractivity contribution in [2.45, 2.75) is 32.2 Å². The number of hydrogen-bond donors (Lipinski definition) is 1. The average molecular weight is 374 g/mol. The van der Waals surface area contributed by atoms with Crippen LogP contribution >= 0.6 is 22.9 Å². The summed E-state index contributed by atoms with van der Waals surface area (Å²) in [5, 5.41) is 1.21. The molecule has 0 unspecified atom stereocenters. The fraction of sp³-hybridized carbons (Fsp3) is 0.278. The molecule has 1 amide bonds. The molecule has 0 spiro atoms. The standard InChI is InChI=1S/C18H16ClN3O2S/c19-12-6-2-1-4-10(12)16-21-17-15(11-5-3-7-13(11)25-17)18(24)22(16)9-8-14(20)23/h1-2,4,6H,3,5,7-9H2,(H2,20,23). The topological polar surface area (TPSA) is 78.0 Å². The minimum Gasteiger partial charge on any atom is -0.370 e. The number of aryl methyl sites for hydroxylation is 2. The van der Waals surface area contributed by atoms with Crippen LogP contribution in [0.15, 0.2) is 29.1 Å². The Labute approximate surface area is 153 Å². The Morgan fingerprint density at radius 3 is 2.88 bits per heavy atom. The molecule has 0 aliphatic heterocycles. The van der Waals surface area contributed by atoms with Crippen LogP contribution in [0.2, 0.25) is 5.02 Å². The number of fused-ring (bicyclic) bond motifs is 3. The second-order valence-electron chi connectivity index (χ2n) is 6.13. The van der Waals surface area contributed by atoms with Gasteiger partial charge in [-0.3, -0.25) is 14.2 Å². The lowest BCUT2D eigenvalue weighted by Gasteiger charge is -2.13. The largest absolute Gasteiger partial charge is 0.370 e. The molecule has 7 heteroatoms. The Balaban J connectivity index is 2.00. The summed E-state index contributed by atoms with van der Waals surface area (Å²) < 4.78 is 1.54. The van der Waals surface area contributed by atoms with Crippen LogP contribution in [0.1, 0.15) is 23.3 Å². The zero-order chi connectivity index (χ0) is 17.6. The Hall–Kier alpha value is -2.18. The molecule has 25 heavy (non-hydrogen) atoms. The Bertz CT molecular complexity index is 1050. The van der Waals surface area contributed by atoms with Crippen LogP contribution in [0.3, 0.4) is 0 Å². The van der Waals surface area contributed by atoms with E-state index >= 15 is 0 Å². The van der Waals surface area contributed by atoms with Crippen molar-refractivity contribution >= 4 is 39.1 Å². The highest BCUT2D eigenvalue weighted by Gasteiger charge is 2.24. The van der Waals surface area contributed by atoms with Crippen molar-refractivity contribution in [1.82, 2.24) is 9.55 Å². The maximum absolute atomic E-state index is 13.2. The number of aromatic nitrogens is 2. The van der Waals surface area contributed by atoms with Gasteiger partial charge in [-0.05, 0) is 37.0 Å². The minimum absolute atomic E-state index is 0.0802. The van der Waals surface area contributed by atoms with Crippen LogP contribution in [-0.4, -0.2) is 15.5 Å². The maximum atomic E-state index is 13.2. The van der Waals surface area contributed by atoms with Crippen LogP contribution in [0.25, 0.3) is 21.6 Å². The van der Waals surface area contributed by atoms with Crippen molar-refractivity contribution in [3.8, 4) is 11.4 Å².